The highest BCUT2D eigenvalue weighted by molar-refractivity contribution is 6.36. The first-order valence-electron chi connectivity index (χ1n) is 25.8. The molecule has 72 heavy (non-hydrogen) atoms. The molecule has 4 atom stereocenters. The molecule has 0 unspecified atom stereocenters. The summed E-state index contributed by atoms with van der Waals surface area (Å²) in [6.07, 6.45) is 8.60. The Morgan fingerprint density at radius 1 is 0.694 bits per heavy atom. The highest BCUT2D eigenvalue weighted by Crippen LogP contribution is 2.39. The second-order valence-corrected chi connectivity index (χ2v) is 22.5. The number of benzene rings is 2. The minimum atomic E-state index is -0.907. The Kier molecular flexibility index (Phi) is 18.2. The summed E-state index contributed by atoms with van der Waals surface area (Å²) in [7, 11) is 3.41. The van der Waals surface area contributed by atoms with E-state index in [1.165, 1.54) is 9.80 Å². The fourth-order valence-electron chi connectivity index (χ4n) is 9.78. The van der Waals surface area contributed by atoms with Crippen molar-refractivity contribution in [2.24, 2.45) is 0 Å². The van der Waals surface area contributed by atoms with E-state index >= 15 is 0 Å². The molecule has 2 aliphatic carbocycles. The van der Waals surface area contributed by atoms with E-state index in [0.717, 1.165) is 109 Å². The number of hydrogen-bond acceptors (Lipinski definition) is 10. The topological polar surface area (TPSA) is 152 Å². The predicted octanol–water partition coefficient (Wildman–Crippen LogP) is 9.18. The van der Waals surface area contributed by atoms with Crippen LogP contribution in [-0.2, 0) is 41.6 Å². The average molecular weight is 1040 g/mol. The maximum Gasteiger partial charge on any atom is 0.411 e. The minimum Gasteiger partial charge on any atom is -0.444 e. The Bertz CT molecular complexity index is 2520. The van der Waals surface area contributed by atoms with Crippen molar-refractivity contribution in [1.29, 1.82) is 0 Å². The van der Waals surface area contributed by atoms with Crippen LogP contribution in [0.25, 0.3) is 21.8 Å². The highest BCUT2D eigenvalue weighted by atomic mass is 35.5. The number of amides is 4. The number of aryl methyl sites for hydroxylation is 2. The van der Waals surface area contributed by atoms with Gasteiger partial charge in [0.2, 0.25) is 11.8 Å². The van der Waals surface area contributed by atoms with Crippen molar-refractivity contribution in [1.82, 2.24) is 39.4 Å². The Morgan fingerprint density at radius 2 is 1.18 bits per heavy atom. The standard InChI is InChI=1S/C32H47ClN4O6.C22H31ClN4O2/c1-21(22-10-13-24-25(33)19-34(26(24)18-22)14-9-17-41-8)37(23-11-12-23)28(38)27-20-35(29(39)42-31(2,3)4)15-16-36(27)30(40)43-32(5,6)7;1-15(27(17-5-6-17)22(28)20-13-24-8-9-25-20)16-4-7-18-19(23)14-26(21(18)12-16)10-3-11-29-2/h10,13,18-19,21,23,27H,9,11-12,14-17,20H2,1-8H3;4,7,12,14-15,17,20,24-25H,3,5-6,8-11,13H2,1-2H3/t21-,27-;15-,20-/m11/s1. The second kappa shape index (κ2) is 23.7. The number of carbonyl (C=O) groups excluding carboxylic acids is 4. The van der Waals surface area contributed by atoms with Crippen LogP contribution in [0.1, 0.15) is 117 Å². The van der Waals surface area contributed by atoms with Crippen molar-refractivity contribution in [3.05, 3.63) is 70.0 Å². The molecule has 0 spiro atoms. The summed E-state index contributed by atoms with van der Waals surface area (Å²) in [6, 6.07) is 11.6. The molecular weight excluding hydrogens is 960 g/mol. The van der Waals surface area contributed by atoms with Crippen LogP contribution in [0.4, 0.5) is 9.59 Å². The van der Waals surface area contributed by atoms with Crippen molar-refractivity contribution < 1.29 is 38.1 Å². The number of fused-ring (bicyclic) bond motifs is 2. The maximum atomic E-state index is 14.5. The number of hydrogen-bond donors (Lipinski definition) is 2. The molecule has 4 amide bonds. The zero-order valence-electron chi connectivity index (χ0n) is 44.1. The van der Waals surface area contributed by atoms with Crippen molar-refractivity contribution >= 4 is 69.0 Å². The molecule has 2 aromatic carbocycles. The van der Waals surface area contributed by atoms with Crippen LogP contribution in [0.5, 0.6) is 0 Å². The van der Waals surface area contributed by atoms with E-state index in [-0.39, 0.29) is 55.6 Å². The van der Waals surface area contributed by atoms with Gasteiger partial charge in [-0.3, -0.25) is 14.5 Å². The number of rotatable bonds is 16. The molecule has 8 rings (SSSR count). The third-order valence-electron chi connectivity index (χ3n) is 13.7. The molecule has 2 N–H and O–H groups in total. The first-order chi connectivity index (χ1) is 34.2. The van der Waals surface area contributed by atoms with E-state index in [2.05, 4.69) is 55.9 Å². The van der Waals surface area contributed by atoms with Gasteiger partial charge in [-0.05, 0) is 117 Å². The molecule has 2 aliphatic heterocycles. The summed E-state index contributed by atoms with van der Waals surface area (Å²) in [5.41, 5.74) is 2.83. The van der Waals surface area contributed by atoms with Gasteiger partial charge in [0.1, 0.15) is 17.2 Å². The van der Waals surface area contributed by atoms with Crippen LogP contribution in [0.2, 0.25) is 10.0 Å². The fourth-order valence-corrected chi connectivity index (χ4v) is 10.3. The van der Waals surface area contributed by atoms with Gasteiger partial charge in [0, 0.05) is 120 Å². The first kappa shape index (κ1) is 55.2. The van der Waals surface area contributed by atoms with Crippen LogP contribution in [0.15, 0.2) is 48.8 Å². The molecule has 0 radical (unpaired) electrons. The number of piperazine rings is 2. The number of methoxy groups -OCH3 is 2. The molecule has 2 aromatic heterocycles. The normalized spacial score (nSPS) is 19.4. The summed E-state index contributed by atoms with van der Waals surface area (Å²) in [4.78, 5) is 61.2. The van der Waals surface area contributed by atoms with Gasteiger partial charge < -0.3 is 53.4 Å². The SMILES string of the molecule is COCCCn1cc(Cl)c2ccc([C@@H](C)N(C(=O)[C@H]3CN(C(=O)OC(C)(C)C)CCN3C(=O)OC(C)(C)C)C3CC3)cc21.COCCCn1cc(Cl)c2ccc([C@@H](C)N(C(=O)[C@H]3CNCCN3)C3CC3)cc21. The van der Waals surface area contributed by atoms with Crippen molar-refractivity contribution in [3.8, 4) is 0 Å². The van der Waals surface area contributed by atoms with Gasteiger partial charge >= 0.3 is 12.2 Å². The lowest BCUT2D eigenvalue weighted by molar-refractivity contribution is -0.142. The monoisotopic (exact) mass is 1040 g/mol. The number of nitrogens with one attached hydrogen (secondary N) is 2. The zero-order valence-corrected chi connectivity index (χ0v) is 45.6. The first-order valence-corrected chi connectivity index (χ1v) is 26.6. The number of halogens is 2. The van der Waals surface area contributed by atoms with E-state index in [0.29, 0.717) is 24.2 Å². The summed E-state index contributed by atoms with van der Waals surface area (Å²) >= 11 is 13.0. The van der Waals surface area contributed by atoms with Crippen LogP contribution >= 0.6 is 23.2 Å². The minimum absolute atomic E-state index is 0.0277. The largest absolute Gasteiger partial charge is 0.444 e. The lowest BCUT2D eigenvalue weighted by Gasteiger charge is -2.43. The van der Waals surface area contributed by atoms with Crippen LogP contribution in [0.3, 0.4) is 0 Å². The van der Waals surface area contributed by atoms with Gasteiger partial charge in [0.25, 0.3) is 0 Å². The predicted molar refractivity (Wildman–Crippen MR) is 283 cm³/mol. The summed E-state index contributed by atoms with van der Waals surface area (Å²) in [5, 5.41) is 10.2. The van der Waals surface area contributed by atoms with E-state index in [4.69, 9.17) is 42.1 Å². The van der Waals surface area contributed by atoms with Crippen LogP contribution < -0.4 is 10.6 Å². The molecule has 2 saturated carbocycles. The van der Waals surface area contributed by atoms with Gasteiger partial charge in [0.15, 0.2) is 0 Å². The summed E-state index contributed by atoms with van der Waals surface area (Å²) in [5.74, 6) is 0.00327. The lowest BCUT2D eigenvalue weighted by Crippen LogP contribution is -2.63. The Morgan fingerprint density at radius 3 is 1.62 bits per heavy atom. The second-order valence-electron chi connectivity index (χ2n) is 21.7. The highest BCUT2D eigenvalue weighted by Gasteiger charge is 2.46. The molecule has 4 aliphatic rings. The molecule has 4 aromatic rings. The van der Waals surface area contributed by atoms with Crippen molar-refractivity contribution in [2.75, 3.05) is 66.7 Å². The molecule has 18 heteroatoms. The number of nitrogens with zero attached hydrogens (tertiary/aromatic N) is 6. The number of carbonyl (C=O) groups is 4. The number of ether oxygens (including phenoxy) is 4. The van der Waals surface area contributed by atoms with Crippen LogP contribution in [0, 0.1) is 0 Å². The van der Waals surface area contributed by atoms with Gasteiger partial charge in [-0.25, -0.2) is 9.59 Å². The average Bonchev–Trinajstić information content (AvgIpc) is 4.29. The third kappa shape index (κ3) is 13.8. The number of aromatic nitrogens is 2. The van der Waals surface area contributed by atoms with Gasteiger partial charge in [-0.2, -0.15) is 0 Å². The van der Waals surface area contributed by atoms with Gasteiger partial charge in [-0.1, -0.05) is 47.5 Å². The molecule has 4 fully saturated rings. The van der Waals surface area contributed by atoms with Gasteiger partial charge in [-0.15, -0.1) is 0 Å². The van der Waals surface area contributed by atoms with E-state index in [9.17, 15) is 19.2 Å². The fraction of sp³-hybridized carbons (Fsp3) is 0.630. The molecular formula is C54H78Cl2N8O8. The molecule has 4 heterocycles. The summed E-state index contributed by atoms with van der Waals surface area (Å²) < 4.78 is 26.1. The van der Waals surface area contributed by atoms with Crippen molar-refractivity contribution in [2.45, 2.75) is 154 Å². The maximum absolute atomic E-state index is 14.5. The molecule has 396 valence electrons. The molecule has 2 saturated heterocycles. The molecule has 0 bridgehead atoms. The molecule has 16 nitrogen and oxygen atoms in total. The van der Waals surface area contributed by atoms with Gasteiger partial charge in [0.05, 0.1) is 34.7 Å². The van der Waals surface area contributed by atoms with E-state index < -0.39 is 29.4 Å². The lowest BCUT2D eigenvalue weighted by atomic mass is 10.0. The zero-order chi connectivity index (χ0) is 52.1. The van der Waals surface area contributed by atoms with E-state index in [1.54, 1.807) is 55.8 Å². The van der Waals surface area contributed by atoms with Crippen molar-refractivity contribution in [3.63, 3.8) is 0 Å². The Hall–Kier alpha value is -4.58. The quantitative estimate of drug-likeness (QED) is 0.104. The smallest absolute Gasteiger partial charge is 0.411 e. The van der Waals surface area contributed by atoms with E-state index in [1.807, 2.05) is 36.4 Å². The Balaban J connectivity index is 0.000000227. The summed E-state index contributed by atoms with van der Waals surface area (Å²) in [6.45, 7) is 20.8. The Labute approximate surface area is 435 Å². The van der Waals surface area contributed by atoms with Crippen LogP contribution in [-0.4, -0.2) is 155 Å². The third-order valence-corrected chi connectivity index (χ3v) is 14.3.